The van der Waals surface area contributed by atoms with Crippen LogP contribution in [0.3, 0.4) is 0 Å². The number of rotatable bonds is 6. The first-order chi connectivity index (χ1) is 11.7. The van der Waals surface area contributed by atoms with Crippen molar-refractivity contribution in [1.29, 1.82) is 0 Å². The molecule has 126 valence electrons. The average Bonchev–Trinajstić information content (AvgIpc) is 3.10. The topological polar surface area (TPSA) is 50.4 Å². The highest BCUT2D eigenvalue weighted by atomic mass is 16.5. The molecule has 0 spiro atoms. The van der Waals surface area contributed by atoms with E-state index in [2.05, 4.69) is 10.6 Å². The highest BCUT2D eigenvalue weighted by molar-refractivity contribution is 5.96. The van der Waals surface area contributed by atoms with Gasteiger partial charge in [0.05, 0.1) is 6.10 Å². The molecule has 0 aliphatic heterocycles. The van der Waals surface area contributed by atoms with E-state index in [4.69, 9.17) is 4.74 Å². The fourth-order valence-corrected chi connectivity index (χ4v) is 2.92. The molecule has 4 nitrogen and oxygen atoms in total. The summed E-state index contributed by atoms with van der Waals surface area (Å²) < 4.78 is 5.95. The van der Waals surface area contributed by atoms with Crippen LogP contribution in [0.2, 0.25) is 0 Å². The van der Waals surface area contributed by atoms with Crippen molar-refractivity contribution in [2.24, 2.45) is 0 Å². The van der Waals surface area contributed by atoms with E-state index in [0.717, 1.165) is 30.0 Å². The lowest BCUT2D eigenvalue weighted by Gasteiger charge is -2.17. The zero-order chi connectivity index (χ0) is 16.8. The van der Waals surface area contributed by atoms with Gasteiger partial charge in [0.2, 0.25) is 5.91 Å². The third-order valence-electron chi connectivity index (χ3n) is 4.28. The first kappa shape index (κ1) is 16.4. The number of ether oxygens (including phenoxy) is 1. The smallest absolute Gasteiger partial charge is 0.246 e. The Morgan fingerprint density at radius 2 is 1.67 bits per heavy atom. The largest absolute Gasteiger partial charge is 0.490 e. The van der Waals surface area contributed by atoms with Gasteiger partial charge >= 0.3 is 0 Å². The zero-order valence-corrected chi connectivity index (χ0v) is 14.0. The van der Waals surface area contributed by atoms with Gasteiger partial charge in [0.1, 0.15) is 11.8 Å². The van der Waals surface area contributed by atoms with E-state index >= 15 is 0 Å². The minimum atomic E-state index is -0.327. The second kappa shape index (κ2) is 7.86. The van der Waals surface area contributed by atoms with E-state index < -0.39 is 0 Å². The van der Waals surface area contributed by atoms with E-state index in [0.29, 0.717) is 6.10 Å². The Balaban J connectivity index is 1.52. The lowest BCUT2D eigenvalue weighted by molar-refractivity contribution is -0.116. The Bertz CT molecular complexity index is 649. The van der Waals surface area contributed by atoms with Crippen molar-refractivity contribution in [3.8, 4) is 5.75 Å². The lowest BCUT2D eigenvalue weighted by atomic mass is 10.2. The van der Waals surface area contributed by atoms with Crippen molar-refractivity contribution in [2.45, 2.75) is 44.8 Å². The summed E-state index contributed by atoms with van der Waals surface area (Å²) in [7, 11) is 0. The minimum Gasteiger partial charge on any atom is -0.490 e. The van der Waals surface area contributed by atoms with Gasteiger partial charge in [0.15, 0.2) is 0 Å². The van der Waals surface area contributed by atoms with Crippen LogP contribution in [0.4, 0.5) is 11.4 Å². The van der Waals surface area contributed by atoms with Gasteiger partial charge in [-0.1, -0.05) is 18.2 Å². The summed E-state index contributed by atoms with van der Waals surface area (Å²) in [5.41, 5.74) is 1.71. The van der Waals surface area contributed by atoms with Crippen molar-refractivity contribution in [2.75, 3.05) is 10.6 Å². The molecule has 1 aliphatic carbocycles. The molecule has 0 saturated heterocycles. The normalized spacial score (nSPS) is 15.7. The van der Waals surface area contributed by atoms with Crippen LogP contribution < -0.4 is 15.4 Å². The molecule has 1 atom stereocenters. The van der Waals surface area contributed by atoms with Crippen LogP contribution in [0.15, 0.2) is 54.6 Å². The van der Waals surface area contributed by atoms with Crippen molar-refractivity contribution >= 4 is 17.3 Å². The van der Waals surface area contributed by atoms with Gasteiger partial charge in [-0.15, -0.1) is 0 Å². The summed E-state index contributed by atoms with van der Waals surface area (Å²) in [5.74, 6) is 0.835. The Hall–Kier alpha value is -2.49. The van der Waals surface area contributed by atoms with Crippen LogP contribution in [0.5, 0.6) is 5.75 Å². The summed E-state index contributed by atoms with van der Waals surface area (Å²) >= 11 is 0. The van der Waals surface area contributed by atoms with E-state index in [1.165, 1.54) is 12.8 Å². The Labute approximate surface area is 143 Å². The number of nitrogens with one attached hydrogen (secondary N) is 2. The molecule has 3 rings (SSSR count). The molecule has 1 aliphatic rings. The summed E-state index contributed by atoms with van der Waals surface area (Å²) in [6.45, 7) is 1.85. The molecule has 1 fully saturated rings. The van der Waals surface area contributed by atoms with Crippen LogP contribution in [0.25, 0.3) is 0 Å². The summed E-state index contributed by atoms with van der Waals surface area (Å²) in [6.07, 6.45) is 5.18. The maximum atomic E-state index is 12.2. The number of carbonyl (C=O) groups is 1. The first-order valence-electron chi connectivity index (χ1n) is 8.60. The molecule has 0 bridgehead atoms. The fourth-order valence-electron chi connectivity index (χ4n) is 2.92. The molecule has 1 amide bonds. The van der Waals surface area contributed by atoms with Gasteiger partial charge in [0.25, 0.3) is 0 Å². The summed E-state index contributed by atoms with van der Waals surface area (Å²) in [5, 5.41) is 6.11. The van der Waals surface area contributed by atoms with Crippen LogP contribution in [0, 0.1) is 0 Å². The first-order valence-corrected chi connectivity index (χ1v) is 8.60. The van der Waals surface area contributed by atoms with Gasteiger partial charge < -0.3 is 15.4 Å². The molecule has 2 aromatic carbocycles. The number of para-hydroxylation sites is 1. The van der Waals surface area contributed by atoms with Crippen LogP contribution >= 0.6 is 0 Å². The molecule has 2 aromatic rings. The predicted molar refractivity (Wildman–Crippen MR) is 97.5 cm³/mol. The predicted octanol–water partition coefficient (Wildman–Crippen LogP) is 4.45. The lowest BCUT2D eigenvalue weighted by Crippen LogP contribution is -2.31. The minimum absolute atomic E-state index is 0.0625. The molecule has 2 N–H and O–H groups in total. The van der Waals surface area contributed by atoms with Gasteiger partial charge in [0, 0.05) is 11.4 Å². The average molecular weight is 324 g/mol. The molecule has 0 unspecified atom stereocenters. The molecular weight excluding hydrogens is 300 g/mol. The number of carbonyl (C=O) groups excluding carboxylic acids is 1. The number of benzene rings is 2. The summed E-state index contributed by atoms with van der Waals surface area (Å²) in [6, 6.07) is 17.0. The van der Waals surface area contributed by atoms with Gasteiger partial charge in [-0.3, -0.25) is 4.79 Å². The van der Waals surface area contributed by atoms with Crippen molar-refractivity contribution < 1.29 is 9.53 Å². The molecular formula is C20H24N2O2. The highest BCUT2D eigenvalue weighted by Crippen LogP contribution is 2.25. The van der Waals surface area contributed by atoms with E-state index in [-0.39, 0.29) is 11.9 Å². The summed E-state index contributed by atoms with van der Waals surface area (Å²) in [4.78, 5) is 12.2. The molecule has 24 heavy (non-hydrogen) atoms. The highest BCUT2D eigenvalue weighted by Gasteiger charge is 2.16. The maximum Gasteiger partial charge on any atom is 0.246 e. The zero-order valence-electron chi connectivity index (χ0n) is 14.0. The fraction of sp³-hybridized carbons (Fsp3) is 0.350. The SMILES string of the molecule is C[C@H](Nc1ccc(OC2CCCC2)cc1)C(=O)Nc1ccccc1. The third kappa shape index (κ3) is 4.51. The van der Waals surface area contributed by atoms with E-state index in [9.17, 15) is 4.79 Å². The number of hydrogen-bond donors (Lipinski definition) is 2. The molecule has 1 saturated carbocycles. The van der Waals surface area contributed by atoms with E-state index in [1.54, 1.807) is 0 Å². The van der Waals surface area contributed by atoms with Crippen molar-refractivity contribution in [1.82, 2.24) is 0 Å². The quantitative estimate of drug-likeness (QED) is 0.825. The Morgan fingerprint density at radius 1 is 1.00 bits per heavy atom. The van der Waals surface area contributed by atoms with Crippen LogP contribution in [-0.4, -0.2) is 18.1 Å². The van der Waals surface area contributed by atoms with Crippen LogP contribution in [0.1, 0.15) is 32.6 Å². The van der Waals surface area contributed by atoms with Crippen molar-refractivity contribution in [3.63, 3.8) is 0 Å². The third-order valence-corrected chi connectivity index (χ3v) is 4.28. The standard InChI is InChI=1S/C20H24N2O2/c1-15(20(23)22-16-7-3-2-4-8-16)21-17-11-13-19(14-12-17)24-18-9-5-6-10-18/h2-4,7-8,11-15,18,21H,5-6,9-10H2,1H3,(H,22,23)/t15-/m0/s1. The van der Waals surface area contributed by atoms with Gasteiger partial charge in [-0.05, 0) is 69.0 Å². The molecule has 4 heteroatoms. The molecule has 0 radical (unpaired) electrons. The Morgan fingerprint density at radius 3 is 2.33 bits per heavy atom. The molecule has 0 heterocycles. The second-order valence-corrected chi connectivity index (χ2v) is 6.27. The molecule has 0 aromatic heterocycles. The van der Waals surface area contributed by atoms with Gasteiger partial charge in [-0.2, -0.15) is 0 Å². The second-order valence-electron chi connectivity index (χ2n) is 6.27. The number of hydrogen-bond acceptors (Lipinski definition) is 3. The van der Waals surface area contributed by atoms with Gasteiger partial charge in [-0.25, -0.2) is 0 Å². The number of amides is 1. The Kier molecular flexibility index (Phi) is 5.36. The maximum absolute atomic E-state index is 12.2. The van der Waals surface area contributed by atoms with E-state index in [1.807, 2.05) is 61.5 Å². The number of anilines is 2. The van der Waals surface area contributed by atoms with Crippen molar-refractivity contribution in [3.05, 3.63) is 54.6 Å². The monoisotopic (exact) mass is 324 g/mol. The van der Waals surface area contributed by atoms with Crippen LogP contribution in [-0.2, 0) is 4.79 Å².